The SMILES string of the molecule is C=C(C(C)CS(C)(C)CC)C(C)(C)C. The first-order chi connectivity index (χ1) is 6.10. The van der Waals surface area contributed by atoms with Gasteiger partial charge in [0.05, 0.1) is 0 Å². The highest BCUT2D eigenvalue weighted by Crippen LogP contribution is 2.44. The van der Waals surface area contributed by atoms with E-state index in [2.05, 4.69) is 53.7 Å². The molecule has 0 nitrogen and oxygen atoms in total. The molecule has 0 bridgehead atoms. The number of rotatable bonds is 4. The number of hydrogen-bond acceptors (Lipinski definition) is 0. The summed E-state index contributed by atoms with van der Waals surface area (Å²) >= 11 is 0. The molecule has 0 aliphatic carbocycles. The topological polar surface area (TPSA) is 0 Å². The van der Waals surface area contributed by atoms with Crippen molar-refractivity contribution >= 4 is 10.0 Å². The van der Waals surface area contributed by atoms with Gasteiger partial charge in [-0.25, -0.2) is 10.0 Å². The molecule has 0 saturated carbocycles. The Morgan fingerprint density at radius 3 is 2.00 bits per heavy atom. The Morgan fingerprint density at radius 1 is 1.29 bits per heavy atom. The van der Waals surface area contributed by atoms with Crippen LogP contribution in [0.25, 0.3) is 0 Å². The van der Waals surface area contributed by atoms with Gasteiger partial charge in [0.25, 0.3) is 0 Å². The molecule has 0 heterocycles. The van der Waals surface area contributed by atoms with E-state index in [4.69, 9.17) is 0 Å². The molecular weight excluding hydrogens is 188 g/mol. The Balaban J connectivity index is 4.37. The van der Waals surface area contributed by atoms with E-state index in [1.807, 2.05) is 0 Å². The van der Waals surface area contributed by atoms with Crippen LogP contribution in [-0.2, 0) is 0 Å². The molecule has 1 unspecified atom stereocenters. The van der Waals surface area contributed by atoms with Crippen molar-refractivity contribution in [3.63, 3.8) is 0 Å². The van der Waals surface area contributed by atoms with Crippen LogP contribution in [0.4, 0.5) is 0 Å². The van der Waals surface area contributed by atoms with Crippen molar-refractivity contribution in [2.45, 2.75) is 34.6 Å². The highest BCUT2D eigenvalue weighted by Gasteiger charge is 2.23. The fourth-order valence-electron chi connectivity index (χ4n) is 1.63. The minimum atomic E-state index is -0.385. The Morgan fingerprint density at radius 2 is 1.71 bits per heavy atom. The summed E-state index contributed by atoms with van der Waals surface area (Å²) in [6.07, 6.45) is 4.86. The zero-order valence-corrected chi connectivity index (χ0v) is 11.9. The van der Waals surface area contributed by atoms with Crippen molar-refractivity contribution in [1.82, 2.24) is 0 Å². The van der Waals surface area contributed by atoms with Crippen LogP contribution in [0.2, 0.25) is 0 Å². The summed E-state index contributed by atoms with van der Waals surface area (Å²) in [6.45, 7) is 15.7. The molecule has 1 atom stereocenters. The average molecular weight is 216 g/mol. The van der Waals surface area contributed by atoms with Gasteiger partial charge in [-0.2, -0.15) is 0 Å². The highest BCUT2D eigenvalue weighted by molar-refractivity contribution is 8.32. The first kappa shape index (κ1) is 14.1. The van der Waals surface area contributed by atoms with E-state index < -0.39 is 0 Å². The lowest BCUT2D eigenvalue weighted by Crippen LogP contribution is -2.20. The van der Waals surface area contributed by atoms with Gasteiger partial charge in [-0.1, -0.05) is 46.8 Å². The first-order valence-corrected chi connectivity index (χ1v) is 8.27. The van der Waals surface area contributed by atoms with Crippen LogP contribution in [0.3, 0.4) is 0 Å². The molecule has 0 rings (SSSR count). The molecule has 0 N–H and O–H groups in total. The van der Waals surface area contributed by atoms with E-state index in [-0.39, 0.29) is 15.4 Å². The van der Waals surface area contributed by atoms with Crippen LogP contribution in [0.5, 0.6) is 0 Å². The lowest BCUT2D eigenvalue weighted by Gasteiger charge is -2.36. The highest BCUT2D eigenvalue weighted by atomic mass is 32.3. The zero-order valence-electron chi connectivity index (χ0n) is 11.1. The summed E-state index contributed by atoms with van der Waals surface area (Å²) in [5.74, 6) is 3.33. The van der Waals surface area contributed by atoms with Gasteiger partial charge >= 0.3 is 0 Å². The summed E-state index contributed by atoms with van der Waals surface area (Å²) in [5, 5.41) is 0. The molecule has 0 aromatic heterocycles. The van der Waals surface area contributed by atoms with Crippen LogP contribution in [-0.4, -0.2) is 24.0 Å². The van der Waals surface area contributed by atoms with E-state index in [1.165, 1.54) is 17.1 Å². The second kappa shape index (κ2) is 4.74. The Hall–Kier alpha value is 0.0900. The molecule has 0 aliphatic rings. The molecule has 0 radical (unpaired) electrons. The fraction of sp³-hybridized carbons (Fsp3) is 0.846. The van der Waals surface area contributed by atoms with E-state index in [9.17, 15) is 0 Å². The summed E-state index contributed by atoms with van der Waals surface area (Å²) in [4.78, 5) is 0. The zero-order chi connectivity index (χ0) is 11.6. The maximum atomic E-state index is 4.26. The van der Waals surface area contributed by atoms with Crippen molar-refractivity contribution in [1.29, 1.82) is 0 Å². The molecule has 0 saturated heterocycles. The predicted molar refractivity (Wildman–Crippen MR) is 72.6 cm³/mol. The molecule has 14 heavy (non-hydrogen) atoms. The van der Waals surface area contributed by atoms with Gasteiger partial charge in [0.1, 0.15) is 0 Å². The largest absolute Gasteiger partial charge is 0.246 e. The molecule has 0 spiro atoms. The molecule has 0 fully saturated rings. The second-order valence-corrected chi connectivity index (χ2v) is 10.3. The maximum Gasteiger partial charge on any atom is -0.0153 e. The van der Waals surface area contributed by atoms with Crippen LogP contribution in [0, 0.1) is 11.3 Å². The van der Waals surface area contributed by atoms with Gasteiger partial charge in [0.15, 0.2) is 0 Å². The molecule has 86 valence electrons. The smallest absolute Gasteiger partial charge is 0.0153 e. The van der Waals surface area contributed by atoms with Gasteiger partial charge in [-0.3, -0.25) is 0 Å². The molecule has 0 aromatic rings. The minimum absolute atomic E-state index is 0.267. The van der Waals surface area contributed by atoms with Crippen LogP contribution >= 0.6 is 10.0 Å². The van der Waals surface area contributed by atoms with E-state index >= 15 is 0 Å². The molecule has 0 aromatic carbocycles. The van der Waals surface area contributed by atoms with Gasteiger partial charge in [-0.15, -0.1) is 0 Å². The van der Waals surface area contributed by atoms with Crippen molar-refractivity contribution in [2.24, 2.45) is 11.3 Å². The Bertz CT molecular complexity index is 196. The number of allylic oxidation sites excluding steroid dienone is 1. The van der Waals surface area contributed by atoms with E-state index in [0.717, 1.165) is 0 Å². The quantitative estimate of drug-likeness (QED) is 0.614. The van der Waals surface area contributed by atoms with Gasteiger partial charge in [0.2, 0.25) is 0 Å². The van der Waals surface area contributed by atoms with Gasteiger partial charge in [-0.05, 0) is 35.4 Å². The molecular formula is C13H28S. The Labute approximate surface area is 92.5 Å². The Kier molecular flexibility index (Phi) is 4.77. The third-order valence-electron chi connectivity index (χ3n) is 3.04. The lowest BCUT2D eigenvalue weighted by molar-refractivity contribution is 0.452. The summed E-state index contributed by atoms with van der Waals surface area (Å²) < 4.78 is 0. The van der Waals surface area contributed by atoms with Crippen molar-refractivity contribution in [3.8, 4) is 0 Å². The van der Waals surface area contributed by atoms with Crippen LogP contribution in [0.15, 0.2) is 12.2 Å². The van der Waals surface area contributed by atoms with Crippen LogP contribution < -0.4 is 0 Å². The third kappa shape index (κ3) is 4.54. The first-order valence-electron chi connectivity index (χ1n) is 5.48. The summed E-state index contributed by atoms with van der Waals surface area (Å²) in [5.41, 5.74) is 1.68. The predicted octanol–water partition coefficient (Wildman–Crippen LogP) is 4.31. The normalized spacial score (nSPS) is 16.5. The molecule has 1 heteroatoms. The van der Waals surface area contributed by atoms with Crippen molar-refractivity contribution < 1.29 is 0 Å². The standard InChI is InChI=1S/C13H28S/c1-9-14(7,8)10-11(2)12(3)13(4,5)6/h11H,3,9-10H2,1-2,4-8H3. The van der Waals surface area contributed by atoms with Crippen molar-refractivity contribution in [3.05, 3.63) is 12.2 Å². The minimum Gasteiger partial charge on any atom is -0.246 e. The summed E-state index contributed by atoms with van der Waals surface area (Å²) in [6, 6.07) is 0. The van der Waals surface area contributed by atoms with E-state index in [1.54, 1.807) is 0 Å². The van der Waals surface area contributed by atoms with Gasteiger partial charge < -0.3 is 0 Å². The summed E-state index contributed by atoms with van der Waals surface area (Å²) in [7, 11) is -0.385. The average Bonchev–Trinajstić information content (AvgIpc) is 2.00. The van der Waals surface area contributed by atoms with Crippen LogP contribution in [0.1, 0.15) is 34.6 Å². The second-order valence-electron chi connectivity index (χ2n) is 5.90. The van der Waals surface area contributed by atoms with Crippen molar-refractivity contribution in [2.75, 3.05) is 24.0 Å². The maximum absolute atomic E-state index is 4.26. The molecule has 0 aliphatic heterocycles. The number of hydrogen-bond donors (Lipinski definition) is 0. The monoisotopic (exact) mass is 216 g/mol. The van der Waals surface area contributed by atoms with Gasteiger partial charge in [0, 0.05) is 0 Å². The lowest BCUT2D eigenvalue weighted by atomic mass is 9.81. The fourth-order valence-corrected chi connectivity index (χ4v) is 3.42. The third-order valence-corrected chi connectivity index (χ3v) is 6.01. The molecule has 0 amide bonds. The van der Waals surface area contributed by atoms with E-state index in [0.29, 0.717) is 5.92 Å².